The van der Waals surface area contributed by atoms with Crippen molar-refractivity contribution in [1.29, 1.82) is 0 Å². The third kappa shape index (κ3) is 4.89. The molecule has 1 aromatic rings. The zero-order chi connectivity index (χ0) is 20.2. The van der Waals surface area contributed by atoms with Crippen molar-refractivity contribution in [3.8, 4) is 0 Å². The Morgan fingerprint density at radius 1 is 1.10 bits per heavy atom. The molecule has 2 aliphatic carbocycles. The first kappa shape index (κ1) is 19.7. The molecule has 0 unspecified atom stereocenters. The number of urea groups is 1. The van der Waals surface area contributed by atoms with Crippen LogP contribution in [0.5, 0.6) is 0 Å². The number of hydrogen-bond donors (Lipinski definition) is 3. The zero-order valence-corrected chi connectivity index (χ0v) is 16.7. The van der Waals surface area contributed by atoms with Crippen molar-refractivity contribution in [3.63, 3.8) is 0 Å². The third-order valence-electron chi connectivity index (χ3n) is 6.48. The number of carbonyl (C=O) groups excluding carboxylic acids is 3. The van der Waals surface area contributed by atoms with Gasteiger partial charge >= 0.3 is 6.03 Å². The normalized spacial score (nSPS) is 27.1. The van der Waals surface area contributed by atoms with Crippen molar-refractivity contribution in [1.82, 2.24) is 20.9 Å². The van der Waals surface area contributed by atoms with E-state index in [1.807, 2.05) is 30.3 Å². The van der Waals surface area contributed by atoms with Crippen molar-refractivity contribution >= 4 is 17.8 Å². The van der Waals surface area contributed by atoms with Gasteiger partial charge in [0.1, 0.15) is 6.54 Å². The summed E-state index contributed by atoms with van der Waals surface area (Å²) >= 11 is 0. The van der Waals surface area contributed by atoms with Gasteiger partial charge in [-0.15, -0.1) is 0 Å². The molecule has 3 aliphatic rings. The summed E-state index contributed by atoms with van der Waals surface area (Å²) in [6.45, 7) is 0.988. The summed E-state index contributed by atoms with van der Waals surface area (Å²) in [5.74, 6) is -0.00926. The van der Waals surface area contributed by atoms with Gasteiger partial charge in [0, 0.05) is 31.1 Å². The summed E-state index contributed by atoms with van der Waals surface area (Å²) in [5, 5.41) is 9.13. The van der Waals surface area contributed by atoms with Crippen LogP contribution in [0.15, 0.2) is 30.3 Å². The van der Waals surface area contributed by atoms with Crippen LogP contribution in [-0.2, 0) is 16.1 Å². The first-order valence-corrected chi connectivity index (χ1v) is 10.7. The van der Waals surface area contributed by atoms with E-state index in [4.69, 9.17) is 0 Å². The van der Waals surface area contributed by atoms with Gasteiger partial charge in [-0.25, -0.2) is 4.79 Å². The smallest absolute Gasteiger partial charge is 0.318 e. The molecular formula is C22H30N4O3. The van der Waals surface area contributed by atoms with Crippen LogP contribution in [0.2, 0.25) is 0 Å². The van der Waals surface area contributed by atoms with Crippen LogP contribution in [0.1, 0.15) is 44.1 Å². The lowest BCUT2D eigenvalue weighted by Gasteiger charge is -2.23. The van der Waals surface area contributed by atoms with Gasteiger partial charge in [0.15, 0.2) is 0 Å². The minimum atomic E-state index is -0.233. The molecule has 156 valence electrons. The highest BCUT2D eigenvalue weighted by atomic mass is 16.2. The van der Waals surface area contributed by atoms with E-state index in [9.17, 15) is 14.4 Å². The largest absolute Gasteiger partial charge is 0.353 e. The first-order valence-electron chi connectivity index (χ1n) is 10.7. The van der Waals surface area contributed by atoms with Crippen molar-refractivity contribution in [3.05, 3.63) is 35.9 Å². The Hall–Kier alpha value is -2.57. The van der Waals surface area contributed by atoms with Gasteiger partial charge in [0.05, 0.1) is 0 Å². The minimum Gasteiger partial charge on any atom is -0.353 e. The lowest BCUT2D eigenvalue weighted by Crippen LogP contribution is -2.44. The second-order valence-electron chi connectivity index (χ2n) is 8.62. The van der Waals surface area contributed by atoms with Crippen LogP contribution in [-0.4, -0.2) is 47.9 Å². The van der Waals surface area contributed by atoms with E-state index >= 15 is 0 Å². The first-order chi connectivity index (χ1) is 14.1. The molecule has 1 aromatic carbocycles. The number of nitrogens with one attached hydrogen (secondary N) is 3. The zero-order valence-electron chi connectivity index (χ0n) is 16.7. The monoisotopic (exact) mass is 398 g/mol. The number of rotatable bonds is 4. The van der Waals surface area contributed by atoms with Crippen molar-refractivity contribution in [2.24, 2.45) is 11.8 Å². The third-order valence-corrected chi connectivity index (χ3v) is 6.48. The molecule has 0 bridgehead atoms. The van der Waals surface area contributed by atoms with Crippen LogP contribution >= 0.6 is 0 Å². The molecule has 3 atom stereocenters. The molecule has 2 saturated carbocycles. The molecule has 3 N–H and O–H groups in total. The van der Waals surface area contributed by atoms with Gasteiger partial charge in [-0.2, -0.15) is 0 Å². The van der Waals surface area contributed by atoms with Crippen molar-refractivity contribution in [2.75, 3.05) is 13.1 Å². The summed E-state index contributed by atoms with van der Waals surface area (Å²) in [6.07, 6.45) is 5.88. The number of hydrogen-bond acceptors (Lipinski definition) is 3. The molecule has 0 aromatic heterocycles. The van der Waals surface area contributed by atoms with Crippen LogP contribution < -0.4 is 16.0 Å². The highest BCUT2D eigenvalue weighted by molar-refractivity contribution is 5.85. The number of benzene rings is 1. The van der Waals surface area contributed by atoms with E-state index < -0.39 is 0 Å². The maximum atomic E-state index is 12.7. The summed E-state index contributed by atoms with van der Waals surface area (Å²) in [5.41, 5.74) is 1.02. The quantitative estimate of drug-likeness (QED) is 0.722. The summed E-state index contributed by atoms with van der Waals surface area (Å²) in [7, 11) is 0. The number of amides is 4. The summed E-state index contributed by atoms with van der Waals surface area (Å²) < 4.78 is 0. The molecule has 1 aliphatic heterocycles. The molecule has 1 heterocycles. The Kier molecular flexibility index (Phi) is 6.02. The second kappa shape index (κ2) is 8.84. The molecule has 29 heavy (non-hydrogen) atoms. The summed E-state index contributed by atoms with van der Waals surface area (Å²) in [4.78, 5) is 39.2. The van der Waals surface area contributed by atoms with E-state index in [1.54, 1.807) is 4.90 Å². The predicted octanol–water partition coefficient (Wildman–Crippen LogP) is 1.78. The number of carbonyl (C=O) groups is 3. The number of nitrogens with zero attached hydrogens (tertiary/aromatic N) is 1. The highest BCUT2D eigenvalue weighted by Crippen LogP contribution is 2.34. The predicted molar refractivity (Wildman–Crippen MR) is 109 cm³/mol. The Bertz CT molecular complexity index is 748. The minimum absolute atomic E-state index is 0.0336. The molecule has 1 saturated heterocycles. The van der Waals surface area contributed by atoms with Crippen LogP contribution in [0.25, 0.3) is 0 Å². The fraction of sp³-hybridized carbons (Fsp3) is 0.591. The van der Waals surface area contributed by atoms with Gasteiger partial charge in [-0.05, 0) is 37.2 Å². The second-order valence-corrected chi connectivity index (χ2v) is 8.62. The molecule has 7 heteroatoms. The van der Waals surface area contributed by atoms with Crippen molar-refractivity contribution in [2.45, 2.75) is 57.2 Å². The topological polar surface area (TPSA) is 90.5 Å². The van der Waals surface area contributed by atoms with E-state index in [1.165, 1.54) is 12.8 Å². The Balaban J connectivity index is 1.33. The van der Waals surface area contributed by atoms with E-state index in [-0.39, 0.29) is 42.3 Å². The molecule has 0 spiro atoms. The Morgan fingerprint density at radius 3 is 2.62 bits per heavy atom. The average molecular weight is 399 g/mol. The van der Waals surface area contributed by atoms with Gasteiger partial charge in [0.2, 0.25) is 11.8 Å². The van der Waals surface area contributed by atoms with Gasteiger partial charge in [0.25, 0.3) is 0 Å². The fourth-order valence-corrected chi connectivity index (χ4v) is 4.92. The molecule has 4 amide bonds. The van der Waals surface area contributed by atoms with Gasteiger partial charge < -0.3 is 20.9 Å². The standard InChI is InChI=1S/C22H30N4O3/c27-20-14-26(22(29)23-12-15-6-2-1-3-7-15)13-17-10-16(11-19(17)25-20)21(28)24-18-8-4-5-9-18/h1-3,6-7,16-19H,4-5,8-14H2,(H,23,29)(H,24,28)(H,25,27)/t16-,17+,19+/m0/s1. The maximum absolute atomic E-state index is 12.7. The lowest BCUT2D eigenvalue weighted by atomic mass is 10.0. The average Bonchev–Trinajstić information content (AvgIpc) is 3.33. The highest BCUT2D eigenvalue weighted by Gasteiger charge is 2.42. The van der Waals surface area contributed by atoms with Crippen LogP contribution in [0, 0.1) is 11.8 Å². The van der Waals surface area contributed by atoms with E-state index in [0.29, 0.717) is 32.0 Å². The van der Waals surface area contributed by atoms with E-state index in [0.717, 1.165) is 18.4 Å². The molecular weight excluding hydrogens is 368 g/mol. The van der Waals surface area contributed by atoms with Gasteiger partial charge in [-0.1, -0.05) is 43.2 Å². The molecule has 7 nitrogen and oxygen atoms in total. The SMILES string of the molecule is O=C1CN(C(=O)NCc2ccccc2)C[C@H]2C[C@H](C(=O)NC3CCCC3)C[C@H]2N1. The summed E-state index contributed by atoms with van der Waals surface area (Å²) in [6, 6.07) is 9.75. The van der Waals surface area contributed by atoms with Crippen LogP contribution in [0.3, 0.4) is 0 Å². The Labute approximate surface area is 171 Å². The lowest BCUT2D eigenvalue weighted by molar-refractivity contribution is -0.126. The number of fused-ring (bicyclic) bond motifs is 1. The molecule has 4 rings (SSSR count). The Morgan fingerprint density at radius 2 is 1.86 bits per heavy atom. The fourth-order valence-electron chi connectivity index (χ4n) is 4.92. The molecule has 3 fully saturated rings. The van der Waals surface area contributed by atoms with E-state index in [2.05, 4.69) is 16.0 Å². The van der Waals surface area contributed by atoms with Gasteiger partial charge in [-0.3, -0.25) is 9.59 Å². The van der Waals surface area contributed by atoms with Crippen molar-refractivity contribution < 1.29 is 14.4 Å². The maximum Gasteiger partial charge on any atom is 0.318 e. The molecule has 0 radical (unpaired) electrons. The van der Waals surface area contributed by atoms with Crippen LogP contribution in [0.4, 0.5) is 4.79 Å².